The van der Waals surface area contributed by atoms with Crippen LogP contribution >= 0.6 is 0 Å². The Morgan fingerprint density at radius 1 is 0.706 bits per heavy atom. The van der Waals surface area contributed by atoms with Gasteiger partial charge in [0.15, 0.2) is 11.5 Å². The van der Waals surface area contributed by atoms with Crippen LogP contribution in [0.15, 0.2) is 48.5 Å². The van der Waals surface area contributed by atoms with Crippen LogP contribution in [-0.2, 0) is 0 Å². The highest BCUT2D eigenvalue weighted by atomic mass is 16.5. The first-order valence-electron chi connectivity index (χ1n) is 5.29. The van der Waals surface area contributed by atoms with E-state index in [9.17, 15) is 0 Å². The third kappa shape index (κ3) is 2.50. The summed E-state index contributed by atoms with van der Waals surface area (Å²) in [5.74, 6) is 2.63. The van der Waals surface area contributed by atoms with Crippen molar-refractivity contribution in [2.75, 3.05) is 14.2 Å². The zero-order chi connectivity index (χ0) is 12.1. The third-order valence-electron chi connectivity index (χ3n) is 2.35. The van der Waals surface area contributed by atoms with Crippen LogP contribution in [0.5, 0.6) is 23.0 Å². The van der Waals surface area contributed by atoms with Crippen LogP contribution in [0.3, 0.4) is 0 Å². The molecular weight excluding hydrogens is 216 g/mol. The predicted molar refractivity (Wildman–Crippen MR) is 66.1 cm³/mol. The van der Waals surface area contributed by atoms with Crippen molar-refractivity contribution in [1.82, 2.24) is 0 Å². The smallest absolute Gasteiger partial charge is 0.210 e. The molecule has 0 radical (unpaired) electrons. The molecule has 0 unspecified atom stereocenters. The van der Waals surface area contributed by atoms with Gasteiger partial charge in [0.25, 0.3) is 0 Å². The van der Waals surface area contributed by atoms with Gasteiger partial charge in [-0.25, -0.2) is 0 Å². The fourth-order valence-electron chi connectivity index (χ4n) is 1.52. The highest BCUT2D eigenvalue weighted by Gasteiger charge is 2.11. The standard InChI is InChI=1S/C14H14O3/c1-15-12-9-6-10-13(16-2)14(12)17-11-7-4-3-5-8-11/h3-10H,1-2H3. The van der Waals surface area contributed by atoms with E-state index in [4.69, 9.17) is 14.2 Å². The van der Waals surface area contributed by atoms with Crippen molar-refractivity contribution in [2.45, 2.75) is 0 Å². The fraction of sp³-hybridized carbons (Fsp3) is 0.143. The van der Waals surface area contributed by atoms with Crippen LogP contribution in [0.2, 0.25) is 0 Å². The van der Waals surface area contributed by atoms with E-state index in [1.807, 2.05) is 48.5 Å². The molecule has 0 N–H and O–H groups in total. The lowest BCUT2D eigenvalue weighted by atomic mass is 10.3. The number of para-hydroxylation sites is 2. The van der Waals surface area contributed by atoms with E-state index in [1.54, 1.807) is 14.2 Å². The van der Waals surface area contributed by atoms with Crippen LogP contribution < -0.4 is 14.2 Å². The Morgan fingerprint density at radius 2 is 1.29 bits per heavy atom. The molecule has 0 saturated heterocycles. The van der Waals surface area contributed by atoms with Crippen molar-refractivity contribution in [3.8, 4) is 23.0 Å². The summed E-state index contributed by atoms with van der Waals surface area (Å²) in [6, 6.07) is 15.1. The van der Waals surface area contributed by atoms with Gasteiger partial charge in [0.2, 0.25) is 5.75 Å². The summed E-state index contributed by atoms with van der Waals surface area (Å²) in [5.41, 5.74) is 0. The van der Waals surface area contributed by atoms with E-state index in [0.717, 1.165) is 5.75 Å². The molecule has 0 bridgehead atoms. The van der Waals surface area contributed by atoms with E-state index in [2.05, 4.69) is 0 Å². The van der Waals surface area contributed by atoms with Crippen molar-refractivity contribution in [3.05, 3.63) is 48.5 Å². The van der Waals surface area contributed by atoms with Gasteiger partial charge in [-0.15, -0.1) is 0 Å². The van der Waals surface area contributed by atoms with Gasteiger partial charge in [-0.2, -0.15) is 0 Å². The average Bonchev–Trinajstić information content (AvgIpc) is 2.40. The van der Waals surface area contributed by atoms with E-state index < -0.39 is 0 Å². The molecule has 2 aromatic rings. The Kier molecular flexibility index (Phi) is 3.50. The second-order valence-electron chi connectivity index (χ2n) is 3.41. The van der Waals surface area contributed by atoms with Crippen molar-refractivity contribution in [1.29, 1.82) is 0 Å². The Bertz CT molecular complexity index is 458. The molecule has 2 aromatic carbocycles. The maximum Gasteiger partial charge on any atom is 0.210 e. The lowest BCUT2D eigenvalue weighted by molar-refractivity contribution is 0.346. The second kappa shape index (κ2) is 5.25. The third-order valence-corrected chi connectivity index (χ3v) is 2.35. The molecule has 0 atom stereocenters. The maximum absolute atomic E-state index is 5.77. The molecule has 17 heavy (non-hydrogen) atoms. The molecule has 0 spiro atoms. The van der Waals surface area contributed by atoms with Crippen LogP contribution in [0.25, 0.3) is 0 Å². The Morgan fingerprint density at radius 3 is 1.82 bits per heavy atom. The Labute approximate surface area is 101 Å². The molecule has 0 fully saturated rings. The normalized spacial score (nSPS) is 9.76. The second-order valence-corrected chi connectivity index (χ2v) is 3.41. The van der Waals surface area contributed by atoms with Gasteiger partial charge in [0, 0.05) is 0 Å². The van der Waals surface area contributed by atoms with Crippen LogP contribution in [0, 0.1) is 0 Å². The molecule has 88 valence electrons. The molecular formula is C14H14O3. The molecule has 3 nitrogen and oxygen atoms in total. The van der Waals surface area contributed by atoms with Crippen molar-refractivity contribution >= 4 is 0 Å². The first-order valence-corrected chi connectivity index (χ1v) is 5.29. The van der Waals surface area contributed by atoms with Crippen molar-refractivity contribution < 1.29 is 14.2 Å². The van der Waals surface area contributed by atoms with Gasteiger partial charge in [-0.3, -0.25) is 0 Å². The molecule has 0 amide bonds. The minimum Gasteiger partial charge on any atom is -0.493 e. The quantitative estimate of drug-likeness (QED) is 0.804. The average molecular weight is 230 g/mol. The maximum atomic E-state index is 5.77. The first-order chi connectivity index (χ1) is 8.35. The summed E-state index contributed by atoms with van der Waals surface area (Å²) in [6.07, 6.45) is 0. The summed E-state index contributed by atoms with van der Waals surface area (Å²) in [7, 11) is 3.21. The Balaban J connectivity index is 2.37. The molecule has 0 heterocycles. The zero-order valence-corrected chi connectivity index (χ0v) is 9.84. The van der Waals surface area contributed by atoms with E-state index in [1.165, 1.54) is 0 Å². The van der Waals surface area contributed by atoms with Crippen molar-refractivity contribution in [2.24, 2.45) is 0 Å². The zero-order valence-electron chi connectivity index (χ0n) is 9.84. The molecule has 2 rings (SSSR count). The Hall–Kier alpha value is -2.16. The highest BCUT2D eigenvalue weighted by Crippen LogP contribution is 2.39. The van der Waals surface area contributed by atoms with Crippen molar-refractivity contribution in [3.63, 3.8) is 0 Å². The van der Waals surface area contributed by atoms with Gasteiger partial charge in [0.1, 0.15) is 5.75 Å². The topological polar surface area (TPSA) is 27.7 Å². The van der Waals surface area contributed by atoms with Gasteiger partial charge >= 0.3 is 0 Å². The van der Waals surface area contributed by atoms with E-state index >= 15 is 0 Å². The minimum atomic E-state index is 0.587. The number of methoxy groups -OCH3 is 2. The van der Waals surface area contributed by atoms with E-state index in [0.29, 0.717) is 17.2 Å². The highest BCUT2D eigenvalue weighted by molar-refractivity contribution is 5.52. The number of hydrogen-bond acceptors (Lipinski definition) is 3. The van der Waals surface area contributed by atoms with Gasteiger partial charge in [0.05, 0.1) is 14.2 Å². The van der Waals surface area contributed by atoms with Gasteiger partial charge in [-0.05, 0) is 24.3 Å². The number of benzene rings is 2. The summed E-state index contributed by atoms with van der Waals surface area (Å²) in [4.78, 5) is 0. The number of hydrogen-bond donors (Lipinski definition) is 0. The van der Waals surface area contributed by atoms with Crippen LogP contribution in [0.4, 0.5) is 0 Å². The monoisotopic (exact) mass is 230 g/mol. The van der Waals surface area contributed by atoms with Crippen LogP contribution in [0.1, 0.15) is 0 Å². The predicted octanol–water partition coefficient (Wildman–Crippen LogP) is 3.50. The summed E-state index contributed by atoms with van der Waals surface area (Å²) >= 11 is 0. The summed E-state index contributed by atoms with van der Waals surface area (Å²) in [6.45, 7) is 0. The fourth-order valence-corrected chi connectivity index (χ4v) is 1.52. The number of rotatable bonds is 4. The largest absolute Gasteiger partial charge is 0.493 e. The minimum absolute atomic E-state index is 0.587. The molecule has 0 aliphatic carbocycles. The summed E-state index contributed by atoms with van der Waals surface area (Å²) in [5, 5.41) is 0. The number of ether oxygens (including phenoxy) is 3. The first kappa shape index (κ1) is 11.3. The lowest BCUT2D eigenvalue weighted by Gasteiger charge is -2.13. The van der Waals surface area contributed by atoms with Crippen LogP contribution in [-0.4, -0.2) is 14.2 Å². The molecule has 0 aliphatic rings. The summed E-state index contributed by atoms with van der Waals surface area (Å²) < 4.78 is 16.3. The van der Waals surface area contributed by atoms with E-state index in [-0.39, 0.29) is 0 Å². The SMILES string of the molecule is COc1cccc(OC)c1Oc1ccccc1. The van der Waals surface area contributed by atoms with Gasteiger partial charge < -0.3 is 14.2 Å². The van der Waals surface area contributed by atoms with Gasteiger partial charge in [-0.1, -0.05) is 24.3 Å². The molecule has 0 aliphatic heterocycles. The molecule has 3 heteroatoms. The molecule has 0 saturated carbocycles. The molecule has 0 aromatic heterocycles. The lowest BCUT2D eigenvalue weighted by Crippen LogP contribution is -1.94.